The van der Waals surface area contributed by atoms with Crippen molar-refractivity contribution in [2.75, 3.05) is 53.7 Å². The predicted molar refractivity (Wildman–Crippen MR) is 120 cm³/mol. The number of hydrogen-bond donors (Lipinski definition) is 2. The van der Waals surface area contributed by atoms with Gasteiger partial charge in [0.15, 0.2) is 17.5 Å². The molecule has 0 spiro atoms. The highest BCUT2D eigenvalue weighted by Gasteiger charge is 2.05. The fourth-order valence-corrected chi connectivity index (χ4v) is 2.23. The Morgan fingerprint density at radius 1 is 1.04 bits per heavy atom. The monoisotopic (exact) mass is 495 g/mol. The quantitative estimate of drug-likeness (QED) is 0.190. The van der Waals surface area contributed by atoms with Gasteiger partial charge in [-0.05, 0) is 38.0 Å². The second-order valence-corrected chi connectivity index (χ2v) is 5.50. The Kier molecular flexibility index (Phi) is 16.1. The van der Waals surface area contributed by atoms with Crippen LogP contribution in [0, 0.1) is 0 Å². The zero-order valence-electron chi connectivity index (χ0n) is 16.9. The van der Waals surface area contributed by atoms with E-state index in [4.69, 9.17) is 18.9 Å². The van der Waals surface area contributed by atoms with E-state index in [-0.39, 0.29) is 24.0 Å². The molecule has 7 nitrogen and oxygen atoms in total. The molecule has 0 saturated carbocycles. The normalized spacial score (nSPS) is 10.9. The SMILES string of the molecule is CCNC(=NCc1ccc(OC)c(OCC)c1)NCCCOCCOC.I. The van der Waals surface area contributed by atoms with Crippen LogP contribution in [0.5, 0.6) is 11.5 Å². The molecule has 1 aromatic rings. The molecule has 2 N–H and O–H groups in total. The molecular weight excluding hydrogens is 461 g/mol. The van der Waals surface area contributed by atoms with E-state index in [2.05, 4.69) is 15.6 Å². The van der Waals surface area contributed by atoms with Gasteiger partial charge in [-0.1, -0.05) is 6.07 Å². The van der Waals surface area contributed by atoms with Gasteiger partial charge < -0.3 is 29.6 Å². The average Bonchev–Trinajstić information content (AvgIpc) is 2.65. The van der Waals surface area contributed by atoms with E-state index in [0.717, 1.165) is 42.5 Å². The summed E-state index contributed by atoms with van der Waals surface area (Å²) in [7, 11) is 3.31. The third-order valence-electron chi connectivity index (χ3n) is 3.48. The first kappa shape index (κ1) is 25.7. The van der Waals surface area contributed by atoms with Crippen molar-refractivity contribution in [1.29, 1.82) is 0 Å². The van der Waals surface area contributed by atoms with Crippen molar-refractivity contribution >= 4 is 29.9 Å². The Balaban J connectivity index is 0.00000676. The van der Waals surface area contributed by atoms with Crippen LogP contribution in [-0.2, 0) is 16.0 Å². The molecule has 1 aromatic carbocycles. The van der Waals surface area contributed by atoms with Crippen LogP contribution in [0.25, 0.3) is 0 Å². The van der Waals surface area contributed by atoms with Gasteiger partial charge in [-0.15, -0.1) is 24.0 Å². The zero-order valence-corrected chi connectivity index (χ0v) is 19.2. The van der Waals surface area contributed by atoms with Gasteiger partial charge >= 0.3 is 0 Å². The summed E-state index contributed by atoms with van der Waals surface area (Å²) in [6.45, 7) is 8.72. The molecule has 0 heterocycles. The fourth-order valence-electron chi connectivity index (χ4n) is 2.23. The van der Waals surface area contributed by atoms with Gasteiger partial charge in [-0.25, -0.2) is 4.99 Å². The molecule has 0 bridgehead atoms. The third kappa shape index (κ3) is 11.2. The summed E-state index contributed by atoms with van der Waals surface area (Å²) in [4.78, 5) is 4.62. The minimum Gasteiger partial charge on any atom is -0.493 e. The van der Waals surface area contributed by atoms with Crippen molar-refractivity contribution in [3.8, 4) is 11.5 Å². The van der Waals surface area contributed by atoms with Gasteiger partial charge in [0.2, 0.25) is 0 Å². The molecule has 0 aliphatic heterocycles. The van der Waals surface area contributed by atoms with Crippen molar-refractivity contribution in [2.45, 2.75) is 26.8 Å². The number of nitrogens with zero attached hydrogens (tertiary/aromatic N) is 1. The van der Waals surface area contributed by atoms with Crippen LogP contribution in [0.2, 0.25) is 0 Å². The number of halogens is 1. The van der Waals surface area contributed by atoms with Gasteiger partial charge in [-0.3, -0.25) is 0 Å². The van der Waals surface area contributed by atoms with Crippen LogP contribution < -0.4 is 20.1 Å². The Morgan fingerprint density at radius 3 is 2.52 bits per heavy atom. The third-order valence-corrected chi connectivity index (χ3v) is 3.48. The number of hydrogen-bond acceptors (Lipinski definition) is 5. The first-order valence-electron chi connectivity index (χ1n) is 9.13. The second kappa shape index (κ2) is 16.9. The Labute approximate surface area is 180 Å². The van der Waals surface area contributed by atoms with Gasteiger partial charge in [0.05, 0.1) is 33.5 Å². The molecule has 1 rings (SSSR count). The first-order chi connectivity index (χ1) is 12.7. The fraction of sp³-hybridized carbons (Fsp3) is 0.632. The maximum Gasteiger partial charge on any atom is 0.191 e. The summed E-state index contributed by atoms with van der Waals surface area (Å²) >= 11 is 0. The summed E-state index contributed by atoms with van der Waals surface area (Å²) in [5.41, 5.74) is 1.06. The topological polar surface area (TPSA) is 73.3 Å². The van der Waals surface area contributed by atoms with Crippen molar-refractivity contribution in [1.82, 2.24) is 10.6 Å². The molecule has 0 saturated heterocycles. The van der Waals surface area contributed by atoms with Crippen LogP contribution in [0.15, 0.2) is 23.2 Å². The number of aliphatic imine (C=N–C) groups is 1. The lowest BCUT2D eigenvalue weighted by Crippen LogP contribution is -2.38. The lowest BCUT2D eigenvalue weighted by Gasteiger charge is -2.13. The van der Waals surface area contributed by atoms with E-state index < -0.39 is 0 Å². The summed E-state index contributed by atoms with van der Waals surface area (Å²) in [5.74, 6) is 2.27. The van der Waals surface area contributed by atoms with Crippen molar-refractivity contribution < 1.29 is 18.9 Å². The van der Waals surface area contributed by atoms with Crippen LogP contribution >= 0.6 is 24.0 Å². The molecule has 27 heavy (non-hydrogen) atoms. The Morgan fingerprint density at radius 2 is 1.85 bits per heavy atom. The molecule has 0 aliphatic rings. The van der Waals surface area contributed by atoms with Crippen molar-refractivity contribution in [3.05, 3.63) is 23.8 Å². The number of ether oxygens (including phenoxy) is 4. The number of guanidine groups is 1. The van der Waals surface area contributed by atoms with Crippen LogP contribution in [-0.4, -0.2) is 59.7 Å². The molecule has 156 valence electrons. The minimum atomic E-state index is 0. The van der Waals surface area contributed by atoms with E-state index in [9.17, 15) is 0 Å². The van der Waals surface area contributed by atoms with Gasteiger partial charge in [-0.2, -0.15) is 0 Å². The standard InChI is InChI=1S/C19H33N3O4.HI/c1-5-20-19(21-10-7-11-25-13-12-23-3)22-15-16-8-9-17(24-4)18(14-16)26-6-2;/h8-9,14H,5-7,10-13,15H2,1-4H3,(H2,20,21,22);1H. The molecular formula is C19H34IN3O4. The molecule has 8 heteroatoms. The largest absolute Gasteiger partial charge is 0.493 e. The number of rotatable bonds is 13. The minimum absolute atomic E-state index is 0. The maximum atomic E-state index is 5.62. The van der Waals surface area contributed by atoms with Gasteiger partial charge in [0, 0.05) is 26.8 Å². The summed E-state index contributed by atoms with van der Waals surface area (Å²) in [5, 5.41) is 6.56. The highest BCUT2D eigenvalue weighted by molar-refractivity contribution is 14.0. The molecule has 0 radical (unpaired) electrons. The molecule has 0 amide bonds. The molecule has 0 fully saturated rings. The first-order valence-corrected chi connectivity index (χ1v) is 9.13. The van der Waals surface area contributed by atoms with E-state index in [1.54, 1.807) is 14.2 Å². The zero-order chi connectivity index (χ0) is 19.0. The van der Waals surface area contributed by atoms with Crippen molar-refractivity contribution in [3.63, 3.8) is 0 Å². The lowest BCUT2D eigenvalue weighted by atomic mass is 10.2. The van der Waals surface area contributed by atoms with Crippen LogP contribution in [0.4, 0.5) is 0 Å². The van der Waals surface area contributed by atoms with E-state index >= 15 is 0 Å². The van der Waals surface area contributed by atoms with Gasteiger partial charge in [0.1, 0.15) is 0 Å². The number of methoxy groups -OCH3 is 2. The predicted octanol–water partition coefficient (Wildman–Crippen LogP) is 2.82. The highest BCUT2D eigenvalue weighted by Crippen LogP contribution is 2.28. The molecule has 0 atom stereocenters. The number of benzene rings is 1. The number of nitrogens with one attached hydrogen (secondary N) is 2. The molecule has 0 unspecified atom stereocenters. The van der Waals surface area contributed by atoms with Gasteiger partial charge in [0.25, 0.3) is 0 Å². The van der Waals surface area contributed by atoms with E-state index in [0.29, 0.717) is 33.0 Å². The van der Waals surface area contributed by atoms with E-state index in [1.165, 1.54) is 0 Å². The van der Waals surface area contributed by atoms with Crippen molar-refractivity contribution in [2.24, 2.45) is 4.99 Å². The molecule has 0 aliphatic carbocycles. The molecule has 0 aromatic heterocycles. The van der Waals surface area contributed by atoms with E-state index in [1.807, 2.05) is 32.0 Å². The Bertz CT molecular complexity index is 530. The summed E-state index contributed by atoms with van der Waals surface area (Å²) in [6.07, 6.45) is 0.908. The summed E-state index contributed by atoms with van der Waals surface area (Å²) in [6, 6.07) is 5.88. The van der Waals surface area contributed by atoms with Crippen LogP contribution in [0.3, 0.4) is 0 Å². The van der Waals surface area contributed by atoms with Crippen LogP contribution in [0.1, 0.15) is 25.8 Å². The Hall–Kier alpha value is -1.26. The highest BCUT2D eigenvalue weighted by atomic mass is 127. The average molecular weight is 495 g/mol. The summed E-state index contributed by atoms with van der Waals surface area (Å²) < 4.78 is 21.3. The smallest absolute Gasteiger partial charge is 0.191 e. The second-order valence-electron chi connectivity index (χ2n) is 5.50. The lowest BCUT2D eigenvalue weighted by molar-refractivity contribution is 0.0698. The maximum absolute atomic E-state index is 5.62.